The average molecular weight is 217 g/mol. The van der Waals surface area contributed by atoms with E-state index >= 15 is 0 Å². The van der Waals surface area contributed by atoms with Crippen molar-refractivity contribution in [3.63, 3.8) is 0 Å². The third-order valence-corrected chi connectivity index (χ3v) is 2.26. The van der Waals surface area contributed by atoms with Gasteiger partial charge in [0, 0.05) is 0 Å². The molecule has 2 aromatic rings. The molecule has 0 unspecified atom stereocenters. The highest BCUT2D eigenvalue weighted by Crippen LogP contribution is 2.04. The second-order valence-corrected chi connectivity index (χ2v) is 3.34. The zero-order chi connectivity index (χ0) is 10.7. The molecule has 0 amide bonds. The number of tetrazole rings is 1. The van der Waals surface area contributed by atoms with Crippen LogP contribution < -0.4 is 0 Å². The van der Waals surface area contributed by atoms with Gasteiger partial charge in [0.1, 0.15) is 0 Å². The zero-order valence-corrected chi connectivity index (χ0v) is 8.53. The fraction of sp³-hybridized carbons (Fsp3) is 0.111. The lowest BCUT2D eigenvalue weighted by Gasteiger charge is -2.00. The van der Waals surface area contributed by atoms with Crippen molar-refractivity contribution in [3.05, 3.63) is 40.2 Å². The summed E-state index contributed by atoms with van der Waals surface area (Å²) in [5.41, 5.74) is 1.68. The molecule has 0 aliphatic rings. The van der Waals surface area contributed by atoms with Crippen molar-refractivity contribution >= 4 is 12.2 Å². The fourth-order valence-corrected chi connectivity index (χ4v) is 1.33. The number of nitrogens with zero attached hydrogens (tertiary/aromatic N) is 4. The summed E-state index contributed by atoms with van der Waals surface area (Å²) < 4.78 is 2.07. The van der Waals surface area contributed by atoms with Gasteiger partial charge in [-0.2, -0.15) is 10.5 Å². The Morgan fingerprint density at radius 3 is 2.67 bits per heavy atom. The quantitative estimate of drug-likeness (QED) is 0.769. The summed E-state index contributed by atoms with van der Waals surface area (Å²) >= 11 is 4.94. The monoisotopic (exact) mass is 217 g/mol. The number of nitrogens with one attached hydrogen (secondary N) is 1. The van der Waals surface area contributed by atoms with Crippen molar-refractivity contribution in [2.45, 2.75) is 6.54 Å². The lowest BCUT2D eigenvalue weighted by atomic mass is 10.1. The molecule has 0 atom stereocenters. The van der Waals surface area contributed by atoms with E-state index in [4.69, 9.17) is 17.5 Å². The van der Waals surface area contributed by atoms with Gasteiger partial charge in [0.2, 0.25) is 4.77 Å². The molecule has 0 spiro atoms. The van der Waals surface area contributed by atoms with Crippen LogP contribution in [0.1, 0.15) is 11.1 Å². The highest BCUT2D eigenvalue weighted by atomic mass is 32.1. The van der Waals surface area contributed by atoms with Crippen LogP contribution in [0.5, 0.6) is 0 Å². The molecular weight excluding hydrogens is 210 g/mol. The first kappa shape index (κ1) is 9.55. The lowest BCUT2D eigenvalue weighted by molar-refractivity contribution is 0.642. The van der Waals surface area contributed by atoms with E-state index in [0.717, 1.165) is 5.56 Å². The molecule has 6 heteroatoms. The van der Waals surface area contributed by atoms with Crippen molar-refractivity contribution in [2.24, 2.45) is 0 Å². The predicted octanol–water partition coefficient (Wildman–Crippen LogP) is 1.26. The third kappa shape index (κ3) is 2.08. The number of aromatic nitrogens is 4. The molecule has 15 heavy (non-hydrogen) atoms. The third-order valence-electron chi connectivity index (χ3n) is 1.96. The summed E-state index contributed by atoms with van der Waals surface area (Å²) in [5.74, 6) is 0. The Balaban J connectivity index is 2.23. The van der Waals surface area contributed by atoms with Crippen LogP contribution in [-0.2, 0) is 6.54 Å². The number of hydrogen-bond acceptors (Lipinski definition) is 4. The summed E-state index contributed by atoms with van der Waals surface area (Å²) in [6.07, 6.45) is 0. The van der Waals surface area contributed by atoms with Crippen LogP contribution in [-0.4, -0.2) is 20.2 Å². The summed E-state index contributed by atoms with van der Waals surface area (Å²) in [7, 11) is 0. The van der Waals surface area contributed by atoms with E-state index in [0.29, 0.717) is 16.9 Å². The minimum atomic E-state index is 0.416. The van der Waals surface area contributed by atoms with Gasteiger partial charge in [-0.1, -0.05) is 22.4 Å². The van der Waals surface area contributed by atoms with Crippen LogP contribution in [0.15, 0.2) is 24.3 Å². The second-order valence-electron chi connectivity index (χ2n) is 2.98. The molecule has 1 N–H and O–H groups in total. The van der Waals surface area contributed by atoms with Gasteiger partial charge in [-0.3, -0.25) is 0 Å². The normalized spacial score (nSPS) is 9.80. The molecule has 5 nitrogen and oxygen atoms in total. The Hall–Kier alpha value is -2.00. The summed E-state index contributed by atoms with van der Waals surface area (Å²) in [6.45, 7) is 0.581. The lowest BCUT2D eigenvalue weighted by Crippen LogP contribution is -2.01. The van der Waals surface area contributed by atoms with Gasteiger partial charge in [-0.15, -0.1) is 0 Å². The molecular formula is C9H7N5S. The van der Waals surface area contributed by atoms with Gasteiger partial charge in [0.25, 0.3) is 0 Å². The van der Waals surface area contributed by atoms with Gasteiger partial charge in [-0.25, -0.2) is 4.68 Å². The molecule has 0 aliphatic heterocycles. The minimum Gasteiger partial charge on any atom is -0.238 e. The fourth-order valence-electron chi connectivity index (χ4n) is 1.19. The molecule has 0 fully saturated rings. The van der Waals surface area contributed by atoms with E-state index < -0.39 is 0 Å². The average Bonchev–Trinajstić information content (AvgIpc) is 2.66. The molecule has 1 aromatic carbocycles. The predicted molar refractivity (Wildman–Crippen MR) is 55.5 cm³/mol. The standard InChI is InChI=1S/C9H7N5S/c10-5-7-1-3-8(4-2-7)6-14-9(15)11-12-13-14/h1-4H,6H2,(H,11,13,15). The Labute approximate surface area is 91.0 Å². The highest BCUT2D eigenvalue weighted by molar-refractivity contribution is 7.71. The zero-order valence-electron chi connectivity index (χ0n) is 7.71. The van der Waals surface area contributed by atoms with Crippen LogP contribution in [0.4, 0.5) is 0 Å². The summed E-state index contributed by atoms with van der Waals surface area (Å²) in [5, 5.41) is 18.5. The molecule has 0 aliphatic carbocycles. The van der Waals surface area contributed by atoms with Crippen molar-refractivity contribution in [1.29, 1.82) is 5.26 Å². The van der Waals surface area contributed by atoms with E-state index in [9.17, 15) is 0 Å². The number of aromatic amines is 1. The first-order chi connectivity index (χ1) is 7.29. The molecule has 1 heterocycles. The van der Waals surface area contributed by atoms with Crippen LogP contribution in [0.2, 0.25) is 0 Å². The molecule has 0 saturated carbocycles. The molecule has 0 saturated heterocycles. The smallest absolute Gasteiger partial charge is 0.238 e. The molecule has 2 rings (SSSR count). The van der Waals surface area contributed by atoms with E-state index in [2.05, 4.69) is 21.6 Å². The minimum absolute atomic E-state index is 0.416. The van der Waals surface area contributed by atoms with Gasteiger partial charge >= 0.3 is 0 Å². The van der Waals surface area contributed by atoms with Crippen LogP contribution in [0.25, 0.3) is 0 Å². The number of nitriles is 1. The van der Waals surface area contributed by atoms with Crippen molar-refractivity contribution in [2.75, 3.05) is 0 Å². The molecule has 74 valence electrons. The van der Waals surface area contributed by atoms with Crippen molar-refractivity contribution in [1.82, 2.24) is 20.2 Å². The van der Waals surface area contributed by atoms with E-state index in [1.807, 2.05) is 12.1 Å². The number of rotatable bonds is 2. The van der Waals surface area contributed by atoms with Crippen LogP contribution in [0.3, 0.4) is 0 Å². The molecule has 1 aromatic heterocycles. The Bertz CT molecular complexity index is 545. The maximum Gasteiger partial charge on any atom is 0.238 e. The van der Waals surface area contributed by atoms with Crippen molar-refractivity contribution in [3.8, 4) is 6.07 Å². The SMILES string of the molecule is N#Cc1ccc(Cn2[nH]nnc2=S)cc1. The molecule has 0 radical (unpaired) electrons. The topological polar surface area (TPSA) is 70.3 Å². The molecule has 0 bridgehead atoms. The van der Waals surface area contributed by atoms with Crippen LogP contribution in [0, 0.1) is 16.1 Å². The van der Waals surface area contributed by atoms with Gasteiger partial charge in [0.05, 0.1) is 18.2 Å². The Morgan fingerprint density at radius 2 is 2.13 bits per heavy atom. The van der Waals surface area contributed by atoms with E-state index in [1.165, 1.54) is 0 Å². The maximum absolute atomic E-state index is 8.63. The summed E-state index contributed by atoms with van der Waals surface area (Å²) in [6, 6.07) is 9.35. The van der Waals surface area contributed by atoms with Crippen molar-refractivity contribution < 1.29 is 0 Å². The first-order valence-corrected chi connectivity index (χ1v) is 4.67. The van der Waals surface area contributed by atoms with E-state index in [1.54, 1.807) is 16.8 Å². The largest absolute Gasteiger partial charge is 0.238 e. The van der Waals surface area contributed by atoms with Gasteiger partial charge in [0.15, 0.2) is 0 Å². The number of H-pyrrole nitrogens is 1. The van der Waals surface area contributed by atoms with Gasteiger partial charge < -0.3 is 0 Å². The number of benzene rings is 1. The van der Waals surface area contributed by atoms with Crippen LogP contribution >= 0.6 is 12.2 Å². The summed E-state index contributed by atoms with van der Waals surface area (Å²) in [4.78, 5) is 0. The van der Waals surface area contributed by atoms with E-state index in [-0.39, 0.29) is 0 Å². The highest BCUT2D eigenvalue weighted by Gasteiger charge is 1.98. The Kier molecular flexibility index (Phi) is 2.56. The Morgan fingerprint density at radius 1 is 1.40 bits per heavy atom. The second kappa shape index (κ2) is 4.02. The number of hydrogen-bond donors (Lipinski definition) is 1. The first-order valence-electron chi connectivity index (χ1n) is 4.26. The maximum atomic E-state index is 8.63. The van der Waals surface area contributed by atoms with Gasteiger partial charge in [-0.05, 0) is 29.9 Å².